The number of aryl methyl sites for hydroxylation is 3. The zero-order valence-electron chi connectivity index (χ0n) is 13.1. The Kier molecular flexibility index (Phi) is 5.45. The highest BCUT2D eigenvalue weighted by atomic mass is 35.5. The van der Waals surface area contributed by atoms with Gasteiger partial charge in [-0.05, 0) is 61.7 Å². The van der Waals surface area contributed by atoms with E-state index in [1.165, 1.54) is 0 Å². The highest BCUT2D eigenvalue weighted by molar-refractivity contribution is 6.31. The van der Waals surface area contributed by atoms with Crippen LogP contribution >= 0.6 is 11.6 Å². The number of halogens is 1. The Labute approximate surface area is 136 Å². The molecule has 0 fully saturated rings. The van der Waals surface area contributed by atoms with Crippen LogP contribution < -0.4 is 10.1 Å². The highest BCUT2D eigenvalue weighted by Crippen LogP contribution is 2.17. The standard InChI is InChI=1S/C18H20ClNO2/c1-12-8-13(2)10-16(9-12)22-7-6-20-18(21)15-5-4-14(3)17(19)11-15/h4-5,8-11H,6-7H2,1-3H3,(H,20,21). The maximum Gasteiger partial charge on any atom is 0.251 e. The molecule has 3 nitrogen and oxygen atoms in total. The maximum atomic E-state index is 12.0. The van der Waals surface area contributed by atoms with Gasteiger partial charge in [0.2, 0.25) is 0 Å². The lowest BCUT2D eigenvalue weighted by Gasteiger charge is -2.10. The maximum absolute atomic E-state index is 12.0. The minimum absolute atomic E-state index is 0.147. The summed E-state index contributed by atoms with van der Waals surface area (Å²) in [5.74, 6) is 0.677. The van der Waals surface area contributed by atoms with E-state index < -0.39 is 0 Å². The lowest BCUT2D eigenvalue weighted by Crippen LogP contribution is -2.28. The van der Waals surface area contributed by atoms with Crippen LogP contribution in [-0.4, -0.2) is 19.1 Å². The number of rotatable bonds is 5. The Morgan fingerprint density at radius 3 is 2.41 bits per heavy atom. The molecule has 0 radical (unpaired) electrons. The molecule has 0 saturated heterocycles. The molecule has 1 N–H and O–H groups in total. The van der Waals surface area contributed by atoms with Crippen molar-refractivity contribution in [3.8, 4) is 5.75 Å². The molecule has 0 aliphatic heterocycles. The molecule has 0 aromatic heterocycles. The fourth-order valence-electron chi connectivity index (χ4n) is 2.19. The third-order valence-corrected chi connectivity index (χ3v) is 3.69. The Morgan fingerprint density at radius 1 is 1.09 bits per heavy atom. The molecule has 0 spiro atoms. The Morgan fingerprint density at radius 2 is 1.77 bits per heavy atom. The van der Waals surface area contributed by atoms with E-state index in [2.05, 4.69) is 11.4 Å². The largest absolute Gasteiger partial charge is 0.492 e. The first-order chi connectivity index (χ1) is 10.5. The Hall–Kier alpha value is -2.00. The average Bonchev–Trinajstić information content (AvgIpc) is 2.45. The van der Waals surface area contributed by atoms with E-state index in [1.54, 1.807) is 12.1 Å². The van der Waals surface area contributed by atoms with Crippen molar-refractivity contribution in [3.63, 3.8) is 0 Å². The molecule has 0 saturated carbocycles. The number of carbonyl (C=O) groups is 1. The topological polar surface area (TPSA) is 38.3 Å². The van der Waals surface area contributed by atoms with Gasteiger partial charge in [0.25, 0.3) is 5.91 Å². The molecule has 0 atom stereocenters. The van der Waals surface area contributed by atoms with Crippen molar-refractivity contribution in [1.29, 1.82) is 0 Å². The first kappa shape index (κ1) is 16.4. The van der Waals surface area contributed by atoms with Crippen LogP contribution in [0.15, 0.2) is 36.4 Å². The monoisotopic (exact) mass is 317 g/mol. The minimum atomic E-state index is -0.147. The molecule has 116 valence electrons. The molecule has 0 bridgehead atoms. The lowest BCUT2D eigenvalue weighted by molar-refractivity contribution is 0.0947. The number of nitrogens with one attached hydrogen (secondary N) is 1. The van der Waals surface area contributed by atoms with Crippen LogP contribution in [0.5, 0.6) is 5.75 Å². The van der Waals surface area contributed by atoms with Crippen molar-refractivity contribution in [2.75, 3.05) is 13.2 Å². The molecular weight excluding hydrogens is 298 g/mol. The van der Waals surface area contributed by atoms with Crippen molar-refractivity contribution in [3.05, 3.63) is 63.7 Å². The predicted octanol–water partition coefficient (Wildman–Crippen LogP) is 4.07. The van der Waals surface area contributed by atoms with E-state index in [1.807, 2.05) is 39.0 Å². The first-order valence-electron chi connectivity index (χ1n) is 7.21. The van der Waals surface area contributed by atoms with Crippen LogP contribution in [0.4, 0.5) is 0 Å². The predicted molar refractivity (Wildman–Crippen MR) is 89.9 cm³/mol. The van der Waals surface area contributed by atoms with E-state index in [0.29, 0.717) is 23.7 Å². The van der Waals surface area contributed by atoms with Crippen molar-refractivity contribution in [2.24, 2.45) is 0 Å². The summed E-state index contributed by atoms with van der Waals surface area (Å²) in [7, 11) is 0. The van der Waals surface area contributed by atoms with Gasteiger partial charge in [-0.25, -0.2) is 0 Å². The van der Waals surface area contributed by atoms with Gasteiger partial charge in [0.1, 0.15) is 12.4 Å². The van der Waals surface area contributed by atoms with E-state index in [4.69, 9.17) is 16.3 Å². The highest BCUT2D eigenvalue weighted by Gasteiger charge is 2.06. The molecular formula is C18H20ClNO2. The average molecular weight is 318 g/mol. The summed E-state index contributed by atoms with van der Waals surface area (Å²) in [6.07, 6.45) is 0. The first-order valence-corrected chi connectivity index (χ1v) is 7.59. The molecule has 0 aliphatic rings. The summed E-state index contributed by atoms with van der Waals surface area (Å²) in [6.45, 7) is 6.83. The second-order valence-corrected chi connectivity index (χ2v) is 5.80. The van der Waals surface area contributed by atoms with Gasteiger partial charge < -0.3 is 10.1 Å². The number of carbonyl (C=O) groups excluding carboxylic acids is 1. The summed E-state index contributed by atoms with van der Waals surface area (Å²) >= 11 is 6.02. The van der Waals surface area contributed by atoms with E-state index >= 15 is 0 Å². The Bertz CT molecular complexity index is 663. The van der Waals surface area contributed by atoms with E-state index in [0.717, 1.165) is 22.4 Å². The SMILES string of the molecule is Cc1cc(C)cc(OCCNC(=O)c2ccc(C)c(Cl)c2)c1. The van der Waals surface area contributed by atoms with Crippen molar-refractivity contribution in [2.45, 2.75) is 20.8 Å². The summed E-state index contributed by atoms with van der Waals surface area (Å²) in [5, 5.41) is 3.42. The second-order valence-electron chi connectivity index (χ2n) is 5.39. The quantitative estimate of drug-likeness (QED) is 0.844. The lowest BCUT2D eigenvalue weighted by atomic mass is 10.1. The zero-order chi connectivity index (χ0) is 16.1. The number of ether oxygens (including phenoxy) is 1. The zero-order valence-corrected chi connectivity index (χ0v) is 13.8. The molecule has 2 aromatic rings. The van der Waals surface area contributed by atoms with Crippen LogP contribution in [0.3, 0.4) is 0 Å². The normalized spacial score (nSPS) is 10.4. The van der Waals surface area contributed by atoms with Gasteiger partial charge in [-0.1, -0.05) is 23.7 Å². The molecule has 2 aromatic carbocycles. The third-order valence-electron chi connectivity index (χ3n) is 3.29. The molecule has 0 heterocycles. The fraction of sp³-hybridized carbons (Fsp3) is 0.278. The van der Waals surface area contributed by atoms with Crippen LogP contribution in [0, 0.1) is 20.8 Å². The smallest absolute Gasteiger partial charge is 0.251 e. The Balaban J connectivity index is 1.83. The van der Waals surface area contributed by atoms with Crippen molar-refractivity contribution < 1.29 is 9.53 Å². The van der Waals surface area contributed by atoms with Gasteiger partial charge in [-0.3, -0.25) is 4.79 Å². The van der Waals surface area contributed by atoms with Crippen LogP contribution in [-0.2, 0) is 0 Å². The number of amides is 1. The molecule has 4 heteroatoms. The summed E-state index contributed by atoms with van der Waals surface area (Å²) < 4.78 is 5.66. The number of benzene rings is 2. The second kappa shape index (κ2) is 7.32. The van der Waals surface area contributed by atoms with Gasteiger partial charge in [-0.15, -0.1) is 0 Å². The van der Waals surface area contributed by atoms with Gasteiger partial charge in [-0.2, -0.15) is 0 Å². The molecule has 1 amide bonds. The van der Waals surface area contributed by atoms with Gasteiger partial charge in [0, 0.05) is 10.6 Å². The third kappa shape index (κ3) is 4.50. The molecule has 2 rings (SSSR count). The molecule has 0 unspecified atom stereocenters. The fourth-order valence-corrected chi connectivity index (χ4v) is 2.37. The molecule has 22 heavy (non-hydrogen) atoms. The van der Waals surface area contributed by atoms with Crippen LogP contribution in [0.1, 0.15) is 27.0 Å². The number of hydrogen-bond donors (Lipinski definition) is 1. The summed E-state index contributed by atoms with van der Waals surface area (Å²) in [4.78, 5) is 12.0. The van der Waals surface area contributed by atoms with Crippen molar-refractivity contribution in [1.82, 2.24) is 5.32 Å². The molecule has 0 aliphatic carbocycles. The summed E-state index contributed by atoms with van der Waals surface area (Å²) in [6, 6.07) is 11.3. The van der Waals surface area contributed by atoms with Gasteiger partial charge in [0.05, 0.1) is 6.54 Å². The van der Waals surface area contributed by atoms with Crippen molar-refractivity contribution >= 4 is 17.5 Å². The van der Waals surface area contributed by atoms with E-state index in [9.17, 15) is 4.79 Å². The number of hydrogen-bond acceptors (Lipinski definition) is 2. The van der Waals surface area contributed by atoms with E-state index in [-0.39, 0.29) is 5.91 Å². The van der Waals surface area contributed by atoms with Gasteiger partial charge in [0.15, 0.2) is 0 Å². The van der Waals surface area contributed by atoms with Crippen LogP contribution in [0.2, 0.25) is 5.02 Å². The van der Waals surface area contributed by atoms with Crippen LogP contribution in [0.25, 0.3) is 0 Å². The van der Waals surface area contributed by atoms with Gasteiger partial charge >= 0.3 is 0 Å². The minimum Gasteiger partial charge on any atom is -0.492 e. The summed E-state index contributed by atoms with van der Waals surface area (Å²) in [5.41, 5.74) is 3.83.